The standard InChI is InChI=1S/C20H24N2O2/c23-15-13-21-12-10-19(24)22-14-11-16-6-4-5-9-18(16)20(22)17-7-2-1-3-8-17/h1-9,20-21,23H,10-15H2/t20-/m1/s1. The van der Waals surface area contributed by atoms with Gasteiger partial charge >= 0.3 is 0 Å². The number of amides is 1. The van der Waals surface area contributed by atoms with Crippen LogP contribution in [0.1, 0.15) is 29.2 Å². The first-order chi connectivity index (χ1) is 11.8. The molecule has 24 heavy (non-hydrogen) atoms. The van der Waals surface area contributed by atoms with Crippen molar-refractivity contribution in [1.82, 2.24) is 10.2 Å². The quantitative estimate of drug-likeness (QED) is 0.801. The Morgan fingerprint density at radius 3 is 2.62 bits per heavy atom. The minimum absolute atomic E-state index is 0.0125. The highest BCUT2D eigenvalue weighted by molar-refractivity contribution is 5.78. The van der Waals surface area contributed by atoms with Gasteiger partial charge in [-0.1, -0.05) is 54.6 Å². The molecule has 0 radical (unpaired) electrons. The second-order valence-electron chi connectivity index (χ2n) is 6.07. The van der Waals surface area contributed by atoms with Crippen LogP contribution in [0.3, 0.4) is 0 Å². The second-order valence-corrected chi connectivity index (χ2v) is 6.07. The maximum Gasteiger partial charge on any atom is 0.224 e. The molecular formula is C20H24N2O2. The third kappa shape index (κ3) is 3.66. The molecule has 0 fully saturated rings. The van der Waals surface area contributed by atoms with Crippen LogP contribution in [0.4, 0.5) is 0 Å². The van der Waals surface area contributed by atoms with Crippen LogP contribution in [0.5, 0.6) is 0 Å². The normalized spacial score (nSPS) is 16.7. The Morgan fingerprint density at radius 1 is 1.08 bits per heavy atom. The Morgan fingerprint density at radius 2 is 1.83 bits per heavy atom. The zero-order chi connectivity index (χ0) is 16.8. The summed E-state index contributed by atoms with van der Waals surface area (Å²) >= 11 is 0. The van der Waals surface area contributed by atoms with Crippen molar-refractivity contribution in [3.63, 3.8) is 0 Å². The number of rotatable bonds is 6. The first-order valence-corrected chi connectivity index (χ1v) is 8.55. The fourth-order valence-corrected chi connectivity index (χ4v) is 3.37. The number of hydrogen-bond acceptors (Lipinski definition) is 3. The van der Waals surface area contributed by atoms with Crippen molar-refractivity contribution in [3.8, 4) is 0 Å². The monoisotopic (exact) mass is 324 g/mol. The lowest BCUT2D eigenvalue weighted by Crippen LogP contribution is -2.41. The zero-order valence-electron chi connectivity index (χ0n) is 13.8. The average molecular weight is 324 g/mol. The van der Waals surface area contributed by atoms with Crippen LogP contribution in [0.25, 0.3) is 0 Å². The van der Waals surface area contributed by atoms with Gasteiger partial charge in [-0.05, 0) is 23.1 Å². The highest BCUT2D eigenvalue weighted by atomic mass is 16.3. The van der Waals surface area contributed by atoms with E-state index in [9.17, 15) is 4.79 Å². The zero-order valence-corrected chi connectivity index (χ0v) is 13.8. The Balaban J connectivity index is 1.84. The number of hydrogen-bond donors (Lipinski definition) is 2. The SMILES string of the molecule is O=C(CCNCCO)N1CCc2ccccc2[C@H]1c1ccccc1. The number of carbonyl (C=O) groups excluding carboxylic acids is 1. The van der Waals surface area contributed by atoms with Gasteiger partial charge in [0, 0.05) is 26.1 Å². The summed E-state index contributed by atoms with van der Waals surface area (Å²) in [5.41, 5.74) is 3.71. The molecular weight excluding hydrogens is 300 g/mol. The van der Waals surface area contributed by atoms with E-state index in [0.717, 1.165) is 18.5 Å². The van der Waals surface area contributed by atoms with Gasteiger partial charge in [0.2, 0.25) is 5.91 Å². The average Bonchev–Trinajstić information content (AvgIpc) is 2.65. The molecule has 2 aromatic carbocycles. The molecule has 4 nitrogen and oxygen atoms in total. The molecule has 0 unspecified atom stereocenters. The van der Waals surface area contributed by atoms with Gasteiger partial charge in [0.25, 0.3) is 0 Å². The molecule has 0 spiro atoms. The summed E-state index contributed by atoms with van der Waals surface area (Å²) in [7, 11) is 0. The molecule has 0 bridgehead atoms. The minimum atomic E-state index is -0.0125. The van der Waals surface area contributed by atoms with E-state index in [2.05, 4.69) is 35.6 Å². The van der Waals surface area contributed by atoms with E-state index in [-0.39, 0.29) is 18.6 Å². The lowest BCUT2D eigenvalue weighted by molar-refractivity contribution is -0.133. The number of nitrogens with one attached hydrogen (secondary N) is 1. The highest BCUT2D eigenvalue weighted by Gasteiger charge is 2.31. The Kier molecular flexibility index (Phi) is 5.62. The molecule has 1 aliphatic heterocycles. The van der Waals surface area contributed by atoms with Crippen molar-refractivity contribution >= 4 is 5.91 Å². The van der Waals surface area contributed by atoms with Crippen molar-refractivity contribution in [2.75, 3.05) is 26.2 Å². The summed E-state index contributed by atoms with van der Waals surface area (Å²) in [6, 6.07) is 18.6. The van der Waals surface area contributed by atoms with Crippen LogP contribution in [-0.4, -0.2) is 42.2 Å². The van der Waals surface area contributed by atoms with Gasteiger partial charge < -0.3 is 15.3 Å². The first kappa shape index (κ1) is 16.7. The van der Waals surface area contributed by atoms with Crippen molar-refractivity contribution in [2.24, 2.45) is 0 Å². The van der Waals surface area contributed by atoms with Gasteiger partial charge in [-0.25, -0.2) is 0 Å². The molecule has 0 saturated carbocycles. The molecule has 0 aromatic heterocycles. The van der Waals surface area contributed by atoms with Gasteiger partial charge in [-0.2, -0.15) is 0 Å². The number of aliphatic hydroxyl groups is 1. The molecule has 1 heterocycles. The smallest absolute Gasteiger partial charge is 0.224 e. The van der Waals surface area contributed by atoms with E-state index >= 15 is 0 Å². The molecule has 126 valence electrons. The van der Waals surface area contributed by atoms with Gasteiger partial charge in [0.15, 0.2) is 0 Å². The summed E-state index contributed by atoms with van der Waals surface area (Å²) in [5, 5.41) is 11.9. The Hall–Kier alpha value is -2.17. The van der Waals surface area contributed by atoms with E-state index in [1.807, 2.05) is 29.2 Å². The predicted molar refractivity (Wildman–Crippen MR) is 94.7 cm³/mol. The molecule has 1 amide bonds. The summed E-state index contributed by atoms with van der Waals surface area (Å²) < 4.78 is 0. The van der Waals surface area contributed by atoms with Crippen molar-refractivity contribution < 1.29 is 9.90 Å². The number of fused-ring (bicyclic) bond motifs is 1. The van der Waals surface area contributed by atoms with E-state index in [4.69, 9.17) is 5.11 Å². The molecule has 1 atom stereocenters. The van der Waals surface area contributed by atoms with Crippen LogP contribution < -0.4 is 5.32 Å². The lowest BCUT2D eigenvalue weighted by Gasteiger charge is -2.38. The molecule has 1 aliphatic rings. The molecule has 4 heteroatoms. The van der Waals surface area contributed by atoms with E-state index < -0.39 is 0 Å². The fourth-order valence-electron chi connectivity index (χ4n) is 3.37. The summed E-state index contributed by atoms with van der Waals surface area (Å²) in [5.74, 6) is 0.156. The number of nitrogens with zero attached hydrogens (tertiary/aromatic N) is 1. The van der Waals surface area contributed by atoms with E-state index in [0.29, 0.717) is 19.5 Å². The largest absolute Gasteiger partial charge is 0.395 e. The number of benzene rings is 2. The fraction of sp³-hybridized carbons (Fsp3) is 0.350. The van der Waals surface area contributed by atoms with Crippen molar-refractivity contribution in [1.29, 1.82) is 0 Å². The summed E-state index contributed by atoms with van der Waals surface area (Å²) in [6.45, 7) is 1.96. The number of carbonyl (C=O) groups is 1. The Bertz CT molecular complexity index is 672. The first-order valence-electron chi connectivity index (χ1n) is 8.55. The highest BCUT2D eigenvalue weighted by Crippen LogP contribution is 2.35. The summed E-state index contributed by atoms with van der Waals surface area (Å²) in [4.78, 5) is 14.8. The van der Waals surface area contributed by atoms with Crippen molar-refractivity contribution in [3.05, 3.63) is 71.3 Å². The van der Waals surface area contributed by atoms with Crippen LogP contribution in [0, 0.1) is 0 Å². The maximum atomic E-state index is 12.8. The van der Waals surface area contributed by atoms with Crippen LogP contribution in [0.2, 0.25) is 0 Å². The second kappa shape index (κ2) is 8.08. The topological polar surface area (TPSA) is 52.6 Å². The van der Waals surface area contributed by atoms with Gasteiger partial charge in [-0.15, -0.1) is 0 Å². The third-order valence-corrected chi connectivity index (χ3v) is 4.52. The van der Waals surface area contributed by atoms with Crippen LogP contribution in [0.15, 0.2) is 54.6 Å². The summed E-state index contributed by atoms with van der Waals surface area (Å²) in [6.07, 6.45) is 1.35. The van der Waals surface area contributed by atoms with Gasteiger partial charge in [0.05, 0.1) is 12.6 Å². The molecule has 2 N–H and O–H groups in total. The number of aliphatic hydroxyl groups excluding tert-OH is 1. The molecule has 0 aliphatic carbocycles. The molecule has 0 saturated heterocycles. The van der Waals surface area contributed by atoms with Crippen LogP contribution >= 0.6 is 0 Å². The maximum absolute atomic E-state index is 12.8. The van der Waals surface area contributed by atoms with Gasteiger partial charge in [-0.3, -0.25) is 4.79 Å². The van der Waals surface area contributed by atoms with E-state index in [1.165, 1.54) is 11.1 Å². The minimum Gasteiger partial charge on any atom is -0.395 e. The third-order valence-electron chi connectivity index (χ3n) is 4.52. The van der Waals surface area contributed by atoms with Gasteiger partial charge in [0.1, 0.15) is 0 Å². The molecule has 2 aromatic rings. The van der Waals surface area contributed by atoms with Crippen LogP contribution in [-0.2, 0) is 11.2 Å². The van der Waals surface area contributed by atoms with E-state index in [1.54, 1.807) is 0 Å². The Labute approximate surface area is 143 Å². The lowest BCUT2D eigenvalue weighted by atomic mass is 9.88. The molecule has 3 rings (SSSR count). The predicted octanol–water partition coefficient (Wildman–Crippen LogP) is 2.13. The van der Waals surface area contributed by atoms with Crippen molar-refractivity contribution in [2.45, 2.75) is 18.9 Å².